The Hall–Kier alpha value is -1.98. The average Bonchev–Trinajstić information content (AvgIpc) is 2.42. The highest BCUT2D eigenvalue weighted by atomic mass is 19.4. The third-order valence-corrected chi connectivity index (χ3v) is 2.69. The molecule has 1 N–H and O–H groups in total. The summed E-state index contributed by atoms with van der Waals surface area (Å²) in [6, 6.07) is 4.73. The molecule has 0 bridgehead atoms. The van der Waals surface area contributed by atoms with E-state index in [1.807, 2.05) is 13.8 Å². The van der Waals surface area contributed by atoms with Crippen molar-refractivity contribution in [2.75, 3.05) is 0 Å². The smallest absolute Gasteiger partial charge is 0.508 e. The Morgan fingerprint density at radius 1 is 1.14 bits per heavy atom. The molecule has 21 heavy (non-hydrogen) atoms. The van der Waals surface area contributed by atoms with E-state index in [1.54, 1.807) is 6.92 Å². The summed E-state index contributed by atoms with van der Waals surface area (Å²) in [5, 5.41) is 9.79. The van der Waals surface area contributed by atoms with Crippen LogP contribution in [0.15, 0.2) is 24.3 Å². The van der Waals surface area contributed by atoms with E-state index in [9.17, 15) is 22.7 Å². The normalized spacial score (nSPS) is 11.0. The molecule has 6 heteroatoms. The first-order valence-electron chi connectivity index (χ1n) is 6.51. The fraction of sp³-hybridized carbons (Fsp3) is 0.333. The van der Waals surface area contributed by atoms with Crippen LogP contribution in [0.3, 0.4) is 0 Å². The highest BCUT2D eigenvalue weighted by molar-refractivity contribution is 5.92. The van der Waals surface area contributed by atoms with Crippen LogP contribution in [-0.2, 0) is 6.42 Å². The standard InChI is InChI=1S/C13H10F4O2.C2H6/c1-2-7-5-9(18)6-8-3-4-10(14)12(11(7)8)19-13(15,16)17;1-2/h3-6,18H,2H2,1H3;1-2H3. The van der Waals surface area contributed by atoms with Gasteiger partial charge in [-0.3, -0.25) is 0 Å². The SMILES string of the molecule is CC.CCc1cc(O)cc2ccc(F)c(OC(F)(F)F)c12. The molecule has 0 heterocycles. The zero-order chi connectivity index (χ0) is 16.2. The minimum atomic E-state index is -4.97. The summed E-state index contributed by atoms with van der Waals surface area (Å²) in [5.74, 6) is -2.04. The van der Waals surface area contributed by atoms with Crippen LogP contribution in [0, 0.1) is 5.82 Å². The molecule has 0 aliphatic rings. The summed E-state index contributed by atoms with van der Waals surface area (Å²) in [5.41, 5.74) is 0.383. The molecular formula is C15H16F4O2. The molecule has 2 aromatic rings. The molecule has 0 saturated heterocycles. The van der Waals surface area contributed by atoms with Crippen LogP contribution in [0.5, 0.6) is 11.5 Å². The van der Waals surface area contributed by atoms with Gasteiger partial charge in [0.25, 0.3) is 0 Å². The molecule has 0 fully saturated rings. The van der Waals surface area contributed by atoms with Crippen molar-refractivity contribution >= 4 is 10.8 Å². The number of ether oxygens (including phenoxy) is 1. The van der Waals surface area contributed by atoms with E-state index in [2.05, 4.69) is 4.74 Å². The van der Waals surface area contributed by atoms with Crippen molar-refractivity contribution in [1.29, 1.82) is 0 Å². The van der Waals surface area contributed by atoms with Gasteiger partial charge in [-0.15, -0.1) is 13.2 Å². The van der Waals surface area contributed by atoms with Crippen LogP contribution in [-0.4, -0.2) is 11.5 Å². The van der Waals surface area contributed by atoms with Crippen molar-refractivity contribution in [3.63, 3.8) is 0 Å². The van der Waals surface area contributed by atoms with Gasteiger partial charge in [0.05, 0.1) is 0 Å². The Morgan fingerprint density at radius 3 is 2.29 bits per heavy atom. The molecule has 0 atom stereocenters. The zero-order valence-electron chi connectivity index (χ0n) is 11.9. The second kappa shape index (κ2) is 6.65. The van der Waals surface area contributed by atoms with Crippen molar-refractivity contribution in [2.24, 2.45) is 0 Å². The third-order valence-electron chi connectivity index (χ3n) is 2.69. The number of hydrogen-bond acceptors (Lipinski definition) is 2. The van der Waals surface area contributed by atoms with Crippen LogP contribution in [0.25, 0.3) is 10.8 Å². The van der Waals surface area contributed by atoms with Gasteiger partial charge < -0.3 is 9.84 Å². The maximum Gasteiger partial charge on any atom is 0.573 e. The molecular weight excluding hydrogens is 288 g/mol. The first-order chi connectivity index (χ1) is 9.81. The van der Waals surface area contributed by atoms with Gasteiger partial charge in [0.2, 0.25) is 0 Å². The molecule has 0 radical (unpaired) electrons. The number of phenols is 1. The minimum absolute atomic E-state index is 0.0256. The van der Waals surface area contributed by atoms with Crippen LogP contribution in [0.1, 0.15) is 26.3 Å². The van der Waals surface area contributed by atoms with Gasteiger partial charge in [0.15, 0.2) is 11.6 Å². The summed E-state index contributed by atoms with van der Waals surface area (Å²) in [6.45, 7) is 5.69. The van der Waals surface area contributed by atoms with Crippen LogP contribution in [0.4, 0.5) is 17.6 Å². The summed E-state index contributed by atoms with van der Waals surface area (Å²) < 4.78 is 54.3. The van der Waals surface area contributed by atoms with Gasteiger partial charge in [-0.05, 0) is 35.6 Å². The highest BCUT2D eigenvalue weighted by Crippen LogP contribution is 2.37. The number of benzene rings is 2. The number of hydrogen-bond donors (Lipinski definition) is 1. The maximum absolute atomic E-state index is 13.6. The Morgan fingerprint density at radius 2 is 1.76 bits per heavy atom. The fourth-order valence-corrected chi connectivity index (χ4v) is 1.97. The number of phenolic OH excluding ortho intramolecular Hbond substituents is 1. The van der Waals surface area contributed by atoms with Gasteiger partial charge in [-0.25, -0.2) is 4.39 Å². The number of fused-ring (bicyclic) bond motifs is 1. The lowest BCUT2D eigenvalue weighted by atomic mass is 10.0. The van der Waals surface area contributed by atoms with Crippen LogP contribution >= 0.6 is 0 Å². The molecule has 2 rings (SSSR count). The largest absolute Gasteiger partial charge is 0.573 e. The number of aryl methyl sites for hydroxylation is 1. The van der Waals surface area contributed by atoms with E-state index in [-0.39, 0.29) is 16.5 Å². The number of rotatable bonds is 2. The van der Waals surface area contributed by atoms with Gasteiger partial charge in [0, 0.05) is 5.39 Å². The van der Waals surface area contributed by atoms with E-state index in [4.69, 9.17) is 0 Å². The third kappa shape index (κ3) is 4.00. The second-order valence-electron chi connectivity index (χ2n) is 3.98. The average molecular weight is 304 g/mol. The predicted octanol–water partition coefficient (Wildman–Crippen LogP) is 5.17. The molecule has 0 aliphatic heterocycles. The molecule has 0 aromatic heterocycles. The Kier molecular flexibility index (Phi) is 5.41. The van der Waals surface area contributed by atoms with Crippen molar-refractivity contribution < 1.29 is 27.4 Å². The second-order valence-corrected chi connectivity index (χ2v) is 3.98. The number of halogens is 4. The Labute approximate surface area is 120 Å². The monoisotopic (exact) mass is 304 g/mol. The summed E-state index contributed by atoms with van der Waals surface area (Å²) >= 11 is 0. The van der Waals surface area contributed by atoms with Gasteiger partial charge >= 0.3 is 6.36 Å². The van der Waals surface area contributed by atoms with Crippen molar-refractivity contribution in [3.8, 4) is 11.5 Å². The predicted molar refractivity (Wildman–Crippen MR) is 73.0 cm³/mol. The Balaban J connectivity index is 0.00000106. The van der Waals surface area contributed by atoms with Crippen LogP contribution in [0.2, 0.25) is 0 Å². The van der Waals surface area contributed by atoms with E-state index >= 15 is 0 Å². The molecule has 0 amide bonds. The molecule has 2 aromatic carbocycles. The van der Waals surface area contributed by atoms with Gasteiger partial charge in [-0.1, -0.05) is 26.8 Å². The van der Waals surface area contributed by atoms with E-state index in [0.717, 1.165) is 6.07 Å². The fourth-order valence-electron chi connectivity index (χ4n) is 1.97. The van der Waals surface area contributed by atoms with E-state index < -0.39 is 17.9 Å². The highest BCUT2D eigenvalue weighted by Gasteiger charge is 2.33. The van der Waals surface area contributed by atoms with Crippen molar-refractivity contribution in [2.45, 2.75) is 33.6 Å². The molecule has 2 nitrogen and oxygen atoms in total. The quantitative estimate of drug-likeness (QED) is 0.775. The minimum Gasteiger partial charge on any atom is -0.508 e. The topological polar surface area (TPSA) is 29.5 Å². The van der Waals surface area contributed by atoms with E-state index in [1.165, 1.54) is 18.2 Å². The molecule has 0 saturated carbocycles. The first-order valence-corrected chi connectivity index (χ1v) is 6.51. The molecule has 0 spiro atoms. The first kappa shape index (κ1) is 17.1. The number of aromatic hydroxyl groups is 1. The molecule has 0 unspecified atom stereocenters. The lowest BCUT2D eigenvalue weighted by Gasteiger charge is -2.15. The number of alkyl halides is 3. The van der Waals surface area contributed by atoms with Crippen molar-refractivity contribution in [3.05, 3.63) is 35.6 Å². The molecule has 116 valence electrons. The molecule has 0 aliphatic carbocycles. The van der Waals surface area contributed by atoms with Crippen LogP contribution < -0.4 is 4.74 Å². The summed E-state index contributed by atoms with van der Waals surface area (Å²) in [7, 11) is 0. The van der Waals surface area contributed by atoms with E-state index in [0.29, 0.717) is 12.0 Å². The van der Waals surface area contributed by atoms with Gasteiger partial charge in [-0.2, -0.15) is 0 Å². The van der Waals surface area contributed by atoms with Gasteiger partial charge in [0.1, 0.15) is 5.75 Å². The summed E-state index contributed by atoms with van der Waals surface area (Å²) in [6.07, 6.45) is -4.64. The van der Waals surface area contributed by atoms with Crippen molar-refractivity contribution in [1.82, 2.24) is 0 Å². The summed E-state index contributed by atoms with van der Waals surface area (Å²) in [4.78, 5) is 0. The Bertz CT molecular complexity index is 621. The lowest BCUT2D eigenvalue weighted by molar-refractivity contribution is -0.275. The lowest BCUT2D eigenvalue weighted by Crippen LogP contribution is -2.18. The zero-order valence-corrected chi connectivity index (χ0v) is 11.9. The maximum atomic E-state index is 13.6.